The zero-order valence-electron chi connectivity index (χ0n) is 18.8. The van der Waals surface area contributed by atoms with Gasteiger partial charge in [-0.25, -0.2) is 27.3 Å². The molecule has 0 bridgehead atoms. The van der Waals surface area contributed by atoms with Gasteiger partial charge in [-0.05, 0) is 66.9 Å². The van der Waals surface area contributed by atoms with Crippen molar-refractivity contribution in [2.45, 2.75) is 32.7 Å². The fraction of sp³-hybridized carbons (Fsp3) is 0.192. The van der Waals surface area contributed by atoms with Crippen molar-refractivity contribution in [3.8, 4) is 11.1 Å². The summed E-state index contributed by atoms with van der Waals surface area (Å²) < 4.78 is 54.4. The van der Waals surface area contributed by atoms with E-state index in [1.54, 1.807) is 31.2 Å². The number of alkyl halides is 4. The van der Waals surface area contributed by atoms with Crippen LogP contribution in [0.15, 0.2) is 60.8 Å². The molecule has 2 heterocycles. The quantitative estimate of drug-likeness (QED) is 0.269. The molecule has 9 heteroatoms. The molecule has 0 amide bonds. The first-order valence-corrected chi connectivity index (χ1v) is 10.7. The van der Waals surface area contributed by atoms with Crippen molar-refractivity contribution in [3.63, 3.8) is 0 Å². The van der Waals surface area contributed by atoms with Gasteiger partial charge in [0.1, 0.15) is 11.4 Å². The number of benzene rings is 2. The summed E-state index contributed by atoms with van der Waals surface area (Å²) in [5, 5.41) is 13.2. The second-order valence-corrected chi connectivity index (χ2v) is 8.13. The molecule has 0 aliphatic heterocycles. The first kappa shape index (κ1) is 24.1. The first-order valence-electron chi connectivity index (χ1n) is 10.7. The zero-order chi connectivity index (χ0) is 25.3. The van der Waals surface area contributed by atoms with Crippen LogP contribution in [0.25, 0.3) is 22.0 Å². The monoisotopic (exact) mass is 483 g/mol. The largest absolute Gasteiger partial charge is 0.478 e. The van der Waals surface area contributed by atoms with Crippen molar-refractivity contribution in [2.75, 3.05) is 5.32 Å². The van der Waals surface area contributed by atoms with Crippen LogP contribution >= 0.6 is 0 Å². The number of halogens is 4. The SMILES string of the molecule is Cc1cc([C@H](C)Nc2ccccc2C(=O)O)c2cc(-c3ccnc(C(F)F)c3)c(C(F)F)nc2c1. The van der Waals surface area contributed by atoms with E-state index >= 15 is 0 Å². The summed E-state index contributed by atoms with van der Waals surface area (Å²) in [5.41, 5.74) is 1.42. The lowest BCUT2D eigenvalue weighted by Crippen LogP contribution is -2.11. The smallest absolute Gasteiger partial charge is 0.337 e. The Morgan fingerprint density at radius 3 is 2.43 bits per heavy atom. The number of para-hydroxylation sites is 1. The number of aromatic nitrogens is 2. The second-order valence-electron chi connectivity index (χ2n) is 8.13. The van der Waals surface area contributed by atoms with Gasteiger partial charge in [0, 0.05) is 28.9 Å². The minimum absolute atomic E-state index is 0.0278. The number of rotatable bonds is 7. The highest BCUT2D eigenvalue weighted by Gasteiger charge is 2.22. The van der Waals surface area contributed by atoms with Crippen LogP contribution in [0.2, 0.25) is 0 Å². The number of hydrogen-bond acceptors (Lipinski definition) is 4. The topological polar surface area (TPSA) is 75.1 Å². The van der Waals surface area contributed by atoms with Gasteiger partial charge in [0.05, 0.1) is 11.1 Å². The van der Waals surface area contributed by atoms with E-state index < -0.39 is 36.2 Å². The van der Waals surface area contributed by atoms with Crippen LogP contribution in [0.1, 0.15) is 58.7 Å². The lowest BCUT2D eigenvalue weighted by molar-refractivity contribution is 0.0697. The van der Waals surface area contributed by atoms with E-state index in [1.807, 2.05) is 13.0 Å². The predicted octanol–water partition coefficient (Wildman–Crippen LogP) is 7.35. The van der Waals surface area contributed by atoms with E-state index in [0.29, 0.717) is 22.2 Å². The lowest BCUT2D eigenvalue weighted by Gasteiger charge is -2.21. The minimum Gasteiger partial charge on any atom is -0.478 e. The number of carboxylic acids is 1. The van der Waals surface area contributed by atoms with Crippen molar-refractivity contribution in [1.82, 2.24) is 9.97 Å². The molecular formula is C26H21F4N3O2. The van der Waals surface area contributed by atoms with Gasteiger partial charge in [-0.15, -0.1) is 0 Å². The van der Waals surface area contributed by atoms with E-state index in [-0.39, 0.29) is 16.7 Å². The van der Waals surface area contributed by atoms with Gasteiger partial charge >= 0.3 is 5.97 Å². The molecule has 0 saturated heterocycles. The Hall–Kier alpha value is -4.01. The van der Waals surface area contributed by atoms with Crippen LogP contribution in [0.3, 0.4) is 0 Å². The Balaban J connectivity index is 1.89. The number of hydrogen-bond donors (Lipinski definition) is 2. The van der Waals surface area contributed by atoms with Gasteiger partial charge in [-0.3, -0.25) is 4.98 Å². The summed E-state index contributed by atoms with van der Waals surface area (Å²) in [6, 6.07) is 13.5. The van der Waals surface area contributed by atoms with Crippen LogP contribution < -0.4 is 5.32 Å². The molecule has 4 rings (SSSR count). The maximum Gasteiger partial charge on any atom is 0.337 e. The Bertz CT molecular complexity index is 1410. The molecule has 1 atom stereocenters. The normalized spacial score (nSPS) is 12.3. The Kier molecular flexibility index (Phi) is 6.68. The van der Waals surface area contributed by atoms with E-state index in [0.717, 1.165) is 17.8 Å². The summed E-state index contributed by atoms with van der Waals surface area (Å²) in [5.74, 6) is -1.09. The van der Waals surface area contributed by atoms with Gasteiger partial charge in [-0.2, -0.15) is 0 Å². The van der Waals surface area contributed by atoms with Crippen LogP contribution in [0.4, 0.5) is 23.2 Å². The number of pyridine rings is 2. The molecule has 0 saturated carbocycles. The fourth-order valence-electron chi connectivity index (χ4n) is 4.06. The highest BCUT2D eigenvalue weighted by molar-refractivity contribution is 5.94. The van der Waals surface area contributed by atoms with Crippen molar-refractivity contribution in [3.05, 3.63) is 88.9 Å². The molecule has 0 aliphatic rings. The molecule has 180 valence electrons. The van der Waals surface area contributed by atoms with Crippen LogP contribution in [0.5, 0.6) is 0 Å². The summed E-state index contributed by atoms with van der Waals surface area (Å²) in [6.45, 7) is 3.62. The number of carboxylic acid groups (broad SMARTS) is 1. The number of nitrogens with zero attached hydrogens (tertiary/aromatic N) is 2. The highest BCUT2D eigenvalue weighted by atomic mass is 19.3. The van der Waals surface area contributed by atoms with Crippen LogP contribution in [0, 0.1) is 6.92 Å². The number of nitrogens with one attached hydrogen (secondary N) is 1. The number of aryl methyl sites for hydroxylation is 1. The van der Waals surface area contributed by atoms with Crippen LogP contribution in [-0.4, -0.2) is 21.0 Å². The Labute approximate surface area is 198 Å². The molecule has 0 unspecified atom stereocenters. The standard InChI is InChI=1S/C26H21F4N3O2/c1-13-9-17(14(2)32-20-6-4-3-5-16(20)26(34)35)19-12-18(23(25(29)30)33-21(19)10-13)15-7-8-31-22(11-15)24(27)28/h3-12,14,24-25,32H,1-2H3,(H,34,35)/t14-/m0/s1. The molecule has 0 fully saturated rings. The number of anilines is 1. The van der Waals surface area contributed by atoms with Gasteiger partial charge in [0.2, 0.25) is 0 Å². The van der Waals surface area contributed by atoms with Gasteiger partial charge in [0.25, 0.3) is 12.9 Å². The average Bonchev–Trinajstić information content (AvgIpc) is 2.82. The maximum atomic E-state index is 14.0. The molecule has 0 spiro atoms. The van der Waals surface area contributed by atoms with Crippen molar-refractivity contribution in [1.29, 1.82) is 0 Å². The Morgan fingerprint density at radius 2 is 1.74 bits per heavy atom. The third-order valence-corrected chi connectivity index (χ3v) is 5.66. The molecular weight excluding hydrogens is 462 g/mol. The van der Waals surface area contributed by atoms with Crippen molar-refractivity contribution in [2.24, 2.45) is 0 Å². The van der Waals surface area contributed by atoms with E-state index in [2.05, 4.69) is 15.3 Å². The summed E-state index contributed by atoms with van der Waals surface area (Å²) in [7, 11) is 0. The average molecular weight is 483 g/mol. The number of aromatic carboxylic acids is 1. The third kappa shape index (κ3) is 4.94. The molecule has 2 aromatic carbocycles. The van der Waals surface area contributed by atoms with Gasteiger partial charge < -0.3 is 10.4 Å². The Morgan fingerprint density at radius 1 is 1.00 bits per heavy atom. The number of carbonyl (C=O) groups is 1. The van der Waals surface area contributed by atoms with E-state index in [4.69, 9.17) is 0 Å². The molecule has 2 aromatic heterocycles. The lowest BCUT2D eigenvalue weighted by atomic mass is 9.95. The van der Waals surface area contributed by atoms with Crippen LogP contribution in [-0.2, 0) is 0 Å². The number of fused-ring (bicyclic) bond motifs is 1. The second kappa shape index (κ2) is 9.69. The summed E-state index contributed by atoms with van der Waals surface area (Å²) >= 11 is 0. The van der Waals surface area contributed by atoms with Crippen molar-refractivity contribution < 1.29 is 27.5 Å². The fourth-order valence-corrected chi connectivity index (χ4v) is 4.06. The molecule has 4 aromatic rings. The molecule has 5 nitrogen and oxygen atoms in total. The maximum absolute atomic E-state index is 14.0. The van der Waals surface area contributed by atoms with E-state index in [9.17, 15) is 27.5 Å². The summed E-state index contributed by atoms with van der Waals surface area (Å²) in [4.78, 5) is 19.4. The zero-order valence-corrected chi connectivity index (χ0v) is 18.8. The first-order chi connectivity index (χ1) is 16.7. The predicted molar refractivity (Wildman–Crippen MR) is 125 cm³/mol. The van der Waals surface area contributed by atoms with Gasteiger partial charge in [0.15, 0.2) is 0 Å². The molecule has 0 radical (unpaired) electrons. The molecule has 2 N–H and O–H groups in total. The molecule has 35 heavy (non-hydrogen) atoms. The minimum atomic E-state index is -2.93. The third-order valence-electron chi connectivity index (χ3n) is 5.66. The summed E-state index contributed by atoms with van der Waals surface area (Å²) in [6.07, 6.45) is -4.63. The van der Waals surface area contributed by atoms with E-state index in [1.165, 1.54) is 18.2 Å². The van der Waals surface area contributed by atoms with Gasteiger partial charge in [-0.1, -0.05) is 18.2 Å². The van der Waals surface area contributed by atoms with Crippen molar-refractivity contribution >= 4 is 22.6 Å². The highest BCUT2D eigenvalue weighted by Crippen LogP contribution is 2.37. The molecule has 0 aliphatic carbocycles.